The maximum Gasteiger partial charge on any atom is 0.420 e. The number of nitrogens with zero attached hydrogens (tertiary/aromatic N) is 3. The van der Waals surface area contributed by atoms with Gasteiger partial charge in [-0.2, -0.15) is 10.4 Å². The quantitative estimate of drug-likeness (QED) is 0.301. The molecule has 0 spiro atoms. The Morgan fingerprint density at radius 3 is 2.64 bits per heavy atom. The van der Waals surface area contributed by atoms with Gasteiger partial charge in [-0.1, -0.05) is 12.1 Å². The van der Waals surface area contributed by atoms with Crippen molar-refractivity contribution >= 4 is 22.6 Å². The molecule has 2 fully saturated rings. The number of fused-ring (bicyclic) bond motifs is 3. The molecule has 0 saturated carbocycles. The highest BCUT2D eigenvalue weighted by Crippen LogP contribution is 2.50. The fourth-order valence-corrected chi connectivity index (χ4v) is 7.70. The van der Waals surface area contributed by atoms with E-state index in [4.69, 9.17) is 18.9 Å². The van der Waals surface area contributed by atoms with Gasteiger partial charge in [-0.25, -0.2) is 9.18 Å². The molecular weight excluding hydrogens is 605 g/mol. The maximum absolute atomic E-state index is 14.3. The van der Waals surface area contributed by atoms with Crippen LogP contribution in [-0.2, 0) is 16.1 Å². The number of nitriles is 1. The van der Waals surface area contributed by atoms with Crippen LogP contribution in [0.3, 0.4) is 0 Å². The number of aromatic nitrogens is 2. The van der Waals surface area contributed by atoms with Crippen LogP contribution in [0, 0.1) is 23.1 Å². The summed E-state index contributed by atoms with van der Waals surface area (Å²) in [4.78, 5) is 41.4. The van der Waals surface area contributed by atoms with Crippen molar-refractivity contribution in [1.29, 1.82) is 5.26 Å². The summed E-state index contributed by atoms with van der Waals surface area (Å²) in [6.45, 7) is 2.20. The first-order chi connectivity index (χ1) is 22.9. The van der Waals surface area contributed by atoms with E-state index in [2.05, 4.69) is 10.5 Å². The van der Waals surface area contributed by atoms with Crippen LogP contribution in [-0.4, -0.2) is 46.3 Å². The third-order valence-corrected chi connectivity index (χ3v) is 10.0. The second kappa shape index (κ2) is 11.6. The average Bonchev–Trinajstić information content (AvgIpc) is 3.86. The number of amides is 1. The van der Waals surface area contributed by atoms with Crippen molar-refractivity contribution in [2.75, 3.05) is 19.8 Å². The number of aromatic amines is 1. The highest BCUT2D eigenvalue weighted by molar-refractivity contribution is 6.04. The van der Waals surface area contributed by atoms with E-state index >= 15 is 0 Å². The lowest BCUT2D eigenvalue weighted by atomic mass is 9.77. The number of carbonyl (C=O) groups is 1. The molecule has 4 aliphatic rings. The third kappa shape index (κ3) is 5.02. The number of oxazole rings is 1. The summed E-state index contributed by atoms with van der Waals surface area (Å²) in [5.74, 6) is -1.07. The van der Waals surface area contributed by atoms with E-state index in [0.29, 0.717) is 58.0 Å². The number of hydrogen-bond acceptors (Lipinski definition) is 8. The molecule has 0 radical (unpaired) electrons. The van der Waals surface area contributed by atoms with Gasteiger partial charge in [0.05, 0.1) is 35.3 Å². The van der Waals surface area contributed by atoms with Crippen LogP contribution in [0.4, 0.5) is 4.39 Å². The molecule has 47 heavy (non-hydrogen) atoms. The van der Waals surface area contributed by atoms with Crippen LogP contribution in [0.2, 0.25) is 0 Å². The number of H-pyrrole nitrogens is 1. The minimum absolute atomic E-state index is 0.0433. The molecule has 4 aliphatic heterocycles. The Bertz CT molecular complexity index is 2140. The number of dihydropyridines is 1. The highest BCUT2D eigenvalue weighted by Gasteiger charge is 2.49. The van der Waals surface area contributed by atoms with Crippen molar-refractivity contribution in [3.63, 3.8) is 0 Å². The maximum atomic E-state index is 14.3. The molecule has 6 heterocycles. The topological polar surface area (TPSA) is 146 Å². The second-order valence-corrected chi connectivity index (χ2v) is 12.7. The van der Waals surface area contributed by atoms with E-state index in [-0.39, 0.29) is 29.6 Å². The number of carbonyl (C=O) groups excluding carboxylic acids is 1. The fourth-order valence-electron chi connectivity index (χ4n) is 7.70. The number of ether oxygens (including phenoxy) is 1. The highest BCUT2D eigenvalue weighted by atomic mass is 19.1. The van der Waals surface area contributed by atoms with Gasteiger partial charge >= 0.3 is 5.76 Å². The lowest BCUT2D eigenvalue weighted by molar-refractivity contribution is -0.126. The van der Waals surface area contributed by atoms with Crippen molar-refractivity contribution in [2.24, 2.45) is 5.92 Å². The Balaban J connectivity index is 1.24. The predicted octanol–water partition coefficient (Wildman–Crippen LogP) is 4.50. The average molecular weight is 638 g/mol. The zero-order valence-corrected chi connectivity index (χ0v) is 25.5. The van der Waals surface area contributed by atoms with E-state index in [1.807, 2.05) is 11.0 Å². The molecule has 0 aliphatic carbocycles. The Kier molecular flexibility index (Phi) is 7.21. The van der Waals surface area contributed by atoms with Gasteiger partial charge < -0.3 is 23.9 Å². The van der Waals surface area contributed by atoms with E-state index in [1.54, 1.807) is 24.3 Å². The summed E-state index contributed by atoms with van der Waals surface area (Å²) in [5, 5.41) is 15.2. The molecule has 2 aromatic heterocycles. The van der Waals surface area contributed by atoms with Crippen molar-refractivity contribution in [3.05, 3.63) is 109 Å². The molecule has 4 aromatic rings. The van der Waals surface area contributed by atoms with Crippen LogP contribution < -0.4 is 16.6 Å². The van der Waals surface area contributed by atoms with Crippen LogP contribution in [0.15, 0.2) is 78.0 Å². The molecule has 0 bridgehead atoms. The summed E-state index contributed by atoms with van der Waals surface area (Å²) in [5.41, 5.74) is 4.69. The first-order valence-corrected chi connectivity index (χ1v) is 16.0. The third-order valence-electron chi connectivity index (χ3n) is 10.0. The molecule has 2 atom stereocenters. The Hall–Kier alpha value is -5.15. The standard InChI is InChI=1S/C35H32FN5O6/c36-23-14-20(3-5-22(23)17-37)18-41-25-8-6-21(15-27(25)46-35(41)44)30-31(28-16-29(42)39-47-28)24(7-4-19-9-12-45-13-10-19)38-33-26-2-1-11-40(26)34(43)32(30)33/h3,5-6,8,14-16,19,26,30,38H,1-2,4,7,9-13,18H2,(H,39,42)/t26-,30?/m0/s1. The fraction of sp³-hybridized carbons (Fsp3) is 0.371. The molecule has 240 valence electrons. The largest absolute Gasteiger partial charge is 0.420 e. The predicted molar refractivity (Wildman–Crippen MR) is 167 cm³/mol. The lowest BCUT2D eigenvalue weighted by Gasteiger charge is -2.32. The number of nitrogens with one attached hydrogen (secondary N) is 2. The minimum Gasteiger partial charge on any atom is -0.408 e. The van der Waals surface area contributed by atoms with Gasteiger partial charge in [0.1, 0.15) is 11.9 Å². The first-order valence-electron chi connectivity index (χ1n) is 16.0. The van der Waals surface area contributed by atoms with Gasteiger partial charge in [0.2, 0.25) is 0 Å². The number of allylic oxidation sites excluding steroid dienone is 2. The zero-order valence-electron chi connectivity index (χ0n) is 25.5. The van der Waals surface area contributed by atoms with Crippen LogP contribution in [0.5, 0.6) is 0 Å². The van der Waals surface area contributed by atoms with Gasteiger partial charge in [0, 0.05) is 42.6 Å². The van der Waals surface area contributed by atoms with Gasteiger partial charge in [-0.05, 0) is 79.8 Å². The van der Waals surface area contributed by atoms with E-state index in [9.17, 15) is 18.8 Å². The molecule has 2 saturated heterocycles. The first kappa shape index (κ1) is 29.3. The molecule has 8 rings (SSSR count). The SMILES string of the molecule is N#Cc1ccc(Cn2c(=O)oc3cc(C4C5=C(NC(CCC6CCOCC6)=C4c4cc(=O)[nH]o4)[C@@H]4CCCN4C5=O)ccc32)cc1F. The van der Waals surface area contributed by atoms with Gasteiger partial charge in [0.15, 0.2) is 11.3 Å². The Labute approximate surface area is 267 Å². The zero-order chi connectivity index (χ0) is 32.2. The second-order valence-electron chi connectivity index (χ2n) is 12.7. The van der Waals surface area contributed by atoms with Crippen molar-refractivity contribution in [1.82, 2.24) is 19.9 Å². The Morgan fingerprint density at radius 1 is 1.02 bits per heavy atom. The summed E-state index contributed by atoms with van der Waals surface area (Å²) in [7, 11) is 0. The number of rotatable bonds is 7. The van der Waals surface area contributed by atoms with Gasteiger partial charge in [-0.15, -0.1) is 0 Å². The van der Waals surface area contributed by atoms with Gasteiger partial charge in [0.25, 0.3) is 11.5 Å². The summed E-state index contributed by atoms with van der Waals surface area (Å²) in [6.07, 6.45) is 5.35. The van der Waals surface area contributed by atoms with Crippen LogP contribution >= 0.6 is 0 Å². The molecule has 2 aromatic carbocycles. The summed E-state index contributed by atoms with van der Waals surface area (Å²) in [6, 6.07) is 12.8. The smallest absolute Gasteiger partial charge is 0.408 e. The van der Waals surface area contributed by atoms with Crippen LogP contribution in [0.1, 0.15) is 66.9 Å². The van der Waals surface area contributed by atoms with E-state index in [1.165, 1.54) is 22.8 Å². The van der Waals surface area contributed by atoms with E-state index in [0.717, 1.165) is 56.7 Å². The number of benzene rings is 2. The molecule has 1 amide bonds. The molecule has 11 nitrogen and oxygen atoms in total. The lowest BCUT2D eigenvalue weighted by Crippen LogP contribution is -2.32. The molecular formula is C35H32FN5O6. The minimum atomic E-state index is -0.659. The molecule has 2 N–H and O–H groups in total. The molecule has 12 heteroatoms. The summed E-state index contributed by atoms with van der Waals surface area (Å²) < 4.78 is 32.8. The van der Waals surface area contributed by atoms with Crippen molar-refractivity contribution < 1.29 is 22.9 Å². The molecule has 1 unspecified atom stereocenters. The normalized spacial score (nSPS) is 21.4. The van der Waals surface area contributed by atoms with Crippen molar-refractivity contribution in [2.45, 2.75) is 57.0 Å². The van der Waals surface area contributed by atoms with Crippen LogP contribution in [0.25, 0.3) is 16.7 Å². The van der Waals surface area contributed by atoms with Gasteiger partial charge in [-0.3, -0.25) is 14.2 Å². The number of halogens is 1. The van der Waals surface area contributed by atoms with E-state index < -0.39 is 17.5 Å². The van der Waals surface area contributed by atoms with Crippen molar-refractivity contribution in [3.8, 4) is 6.07 Å². The number of hydrogen-bond donors (Lipinski definition) is 2. The Morgan fingerprint density at radius 2 is 1.87 bits per heavy atom. The monoisotopic (exact) mass is 637 g/mol. The summed E-state index contributed by atoms with van der Waals surface area (Å²) >= 11 is 0.